The largest absolute Gasteiger partial charge is 0.107 e. The molecule has 0 radical (unpaired) electrons. The second-order valence-electron chi connectivity index (χ2n) is 6.76. The van der Waals surface area contributed by atoms with Gasteiger partial charge in [-0.2, -0.15) is 0 Å². The van der Waals surface area contributed by atoms with Crippen molar-refractivity contribution in [3.05, 3.63) is 126 Å². The summed E-state index contributed by atoms with van der Waals surface area (Å²) in [7, 11) is -0.573. The van der Waals surface area contributed by atoms with E-state index < -0.39 is 7.92 Å². The van der Waals surface area contributed by atoms with E-state index in [0.717, 1.165) is 10.8 Å². The molecule has 0 unspecified atom stereocenters. The first-order valence-electron chi connectivity index (χ1n) is 9.47. The Balaban J connectivity index is 0.00000240. The number of alkyl halides is 1. The van der Waals surface area contributed by atoms with Crippen molar-refractivity contribution < 1.29 is 0 Å². The first kappa shape index (κ1) is 22.5. The van der Waals surface area contributed by atoms with Gasteiger partial charge in [0.05, 0.1) is 0 Å². The van der Waals surface area contributed by atoms with Gasteiger partial charge in [-0.15, -0.1) is 24.0 Å². The predicted molar refractivity (Wildman–Crippen MR) is 148 cm³/mol. The molecular formula is C26H23I2P. The van der Waals surface area contributed by atoms with Gasteiger partial charge in [0.2, 0.25) is 0 Å². The number of halogens is 2. The Hall–Kier alpha value is -1.23. The lowest BCUT2D eigenvalue weighted by Crippen LogP contribution is -2.23. The maximum absolute atomic E-state index is 2.42. The van der Waals surface area contributed by atoms with Crippen molar-refractivity contribution in [2.24, 2.45) is 0 Å². The molecule has 0 nitrogen and oxygen atoms in total. The Labute approximate surface area is 205 Å². The van der Waals surface area contributed by atoms with Crippen LogP contribution in [-0.2, 0) is 10.8 Å². The number of hydrogen-bond acceptors (Lipinski definition) is 0. The molecule has 146 valence electrons. The zero-order valence-corrected chi connectivity index (χ0v) is 21.4. The van der Waals surface area contributed by atoms with Crippen molar-refractivity contribution in [2.45, 2.75) is 10.8 Å². The number of rotatable bonds is 6. The van der Waals surface area contributed by atoms with Crippen LogP contribution in [0.5, 0.6) is 0 Å². The molecule has 0 amide bonds. The van der Waals surface area contributed by atoms with E-state index in [9.17, 15) is 0 Å². The lowest BCUT2D eigenvalue weighted by molar-refractivity contribution is 1.20. The molecule has 0 atom stereocenters. The van der Waals surface area contributed by atoms with Crippen LogP contribution >= 0.6 is 54.5 Å². The third-order valence-corrected chi connectivity index (χ3v) is 8.26. The van der Waals surface area contributed by atoms with Crippen LogP contribution < -0.4 is 15.9 Å². The van der Waals surface area contributed by atoms with Crippen molar-refractivity contribution >= 4 is 70.4 Å². The minimum atomic E-state index is -0.573. The zero-order valence-electron chi connectivity index (χ0n) is 16.0. The van der Waals surface area contributed by atoms with Gasteiger partial charge in [-0.25, -0.2) is 0 Å². The molecule has 0 aromatic heterocycles. The van der Waals surface area contributed by atoms with E-state index in [0.29, 0.717) is 0 Å². The summed E-state index contributed by atoms with van der Waals surface area (Å²) in [5.74, 6) is 0. The second kappa shape index (κ2) is 11.2. The van der Waals surface area contributed by atoms with Crippen molar-refractivity contribution in [1.82, 2.24) is 0 Å². The summed E-state index contributed by atoms with van der Waals surface area (Å²) < 4.78 is 1.06. The molecule has 4 rings (SSSR count). The predicted octanol–water partition coefficient (Wildman–Crippen LogP) is 6.59. The van der Waals surface area contributed by atoms with E-state index >= 15 is 0 Å². The van der Waals surface area contributed by atoms with E-state index in [1.54, 1.807) is 0 Å². The normalized spacial score (nSPS) is 10.6. The summed E-state index contributed by atoms with van der Waals surface area (Å²) in [6.45, 7) is 0. The van der Waals surface area contributed by atoms with Crippen LogP contribution in [0.1, 0.15) is 16.7 Å². The Kier molecular flexibility index (Phi) is 8.70. The molecule has 0 aliphatic carbocycles. The smallest absolute Gasteiger partial charge is 0.0247 e. The molecule has 0 fully saturated rings. The van der Waals surface area contributed by atoms with Crippen LogP contribution in [0.2, 0.25) is 0 Å². The molecule has 0 aliphatic heterocycles. The van der Waals surface area contributed by atoms with Gasteiger partial charge < -0.3 is 0 Å². The van der Waals surface area contributed by atoms with Gasteiger partial charge in [0.15, 0.2) is 0 Å². The van der Waals surface area contributed by atoms with Crippen molar-refractivity contribution in [1.29, 1.82) is 0 Å². The third kappa shape index (κ3) is 5.68. The van der Waals surface area contributed by atoms with Gasteiger partial charge in [0.25, 0.3) is 0 Å². The van der Waals surface area contributed by atoms with Crippen LogP contribution in [0, 0.1) is 0 Å². The van der Waals surface area contributed by atoms with Crippen molar-refractivity contribution in [3.8, 4) is 0 Å². The minimum absolute atomic E-state index is 0. The molecule has 0 bridgehead atoms. The average molecular weight is 620 g/mol. The van der Waals surface area contributed by atoms with E-state index in [-0.39, 0.29) is 24.0 Å². The van der Waals surface area contributed by atoms with Crippen LogP contribution in [0.15, 0.2) is 109 Å². The minimum Gasteiger partial charge on any atom is -0.107 e. The lowest BCUT2D eigenvalue weighted by atomic mass is 10.0. The number of hydrogen-bond donors (Lipinski definition) is 0. The monoisotopic (exact) mass is 620 g/mol. The fourth-order valence-electron chi connectivity index (χ4n) is 3.43. The van der Waals surface area contributed by atoms with Crippen LogP contribution in [-0.4, -0.2) is 0 Å². The van der Waals surface area contributed by atoms with Crippen molar-refractivity contribution in [3.63, 3.8) is 0 Å². The first-order valence-corrected chi connectivity index (χ1v) is 12.3. The van der Waals surface area contributed by atoms with E-state index in [1.807, 2.05) is 0 Å². The highest BCUT2D eigenvalue weighted by atomic mass is 127. The highest BCUT2D eigenvalue weighted by Gasteiger charge is 2.19. The molecule has 4 aromatic carbocycles. The topological polar surface area (TPSA) is 0 Å². The standard InChI is InChI=1S/C26H22IP.HI/c27-20-22-17-15-21(16-18-22)19-23-9-7-8-14-26(23)28(24-10-3-1-4-11-24)25-12-5-2-6-13-25;/h1-18H,19-20H2;1H. The molecule has 3 heteroatoms. The SMILES string of the molecule is I.ICc1ccc(Cc2ccccc2P(c2ccccc2)c2ccccc2)cc1. The molecular weight excluding hydrogens is 597 g/mol. The lowest BCUT2D eigenvalue weighted by Gasteiger charge is -2.22. The average Bonchev–Trinajstić information content (AvgIpc) is 2.77. The molecule has 0 saturated heterocycles. The van der Waals surface area contributed by atoms with Gasteiger partial charge in [-0.05, 0) is 46.9 Å². The highest BCUT2D eigenvalue weighted by molar-refractivity contribution is 14.1. The van der Waals surface area contributed by atoms with Gasteiger partial charge in [0, 0.05) is 4.43 Å². The van der Waals surface area contributed by atoms with Crippen LogP contribution in [0.4, 0.5) is 0 Å². The zero-order chi connectivity index (χ0) is 19.2. The van der Waals surface area contributed by atoms with E-state index in [1.165, 1.54) is 32.6 Å². The van der Waals surface area contributed by atoms with Crippen LogP contribution in [0.25, 0.3) is 0 Å². The Bertz CT molecular complexity index is 976. The quantitative estimate of drug-likeness (QED) is 0.130. The number of benzene rings is 4. The summed E-state index contributed by atoms with van der Waals surface area (Å²) >= 11 is 2.42. The second-order valence-corrected chi connectivity index (χ2v) is 9.71. The fraction of sp³-hybridized carbons (Fsp3) is 0.0769. The molecule has 29 heavy (non-hydrogen) atoms. The molecule has 0 N–H and O–H groups in total. The fourth-order valence-corrected chi connectivity index (χ4v) is 6.41. The van der Waals surface area contributed by atoms with Crippen molar-refractivity contribution in [2.75, 3.05) is 0 Å². The molecule has 0 aliphatic rings. The van der Waals surface area contributed by atoms with Gasteiger partial charge in [0.1, 0.15) is 0 Å². The van der Waals surface area contributed by atoms with Crippen LogP contribution in [0.3, 0.4) is 0 Å². The summed E-state index contributed by atoms with van der Waals surface area (Å²) in [5, 5.41) is 4.25. The first-order chi connectivity index (χ1) is 13.8. The van der Waals surface area contributed by atoms with Gasteiger partial charge in [-0.1, -0.05) is 132 Å². The maximum Gasteiger partial charge on any atom is 0.0247 e. The molecule has 0 heterocycles. The van der Waals surface area contributed by atoms with E-state index in [4.69, 9.17) is 0 Å². The van der Waals surface area contributed by atoms with Gasteiger partial charge >= 0.3 is 0 Å². The summed E-state index contributed by atoms with van der Waals surface area (Å²) in [5.41, 5.74) is 4.18. The third-order valence-electron chi connectivity index (χ3n) is 4.83. The Morgan fingerprint density at radius 2 is 1.03 bits per heavy atom. The maximum atomic E-state index is 2.42. The molecule has 0 saturated carbocycles. The Morgan fingerprint density at radius 3 is 1.59 bits per heavy atom. The highest BCUT2D eigenvalue weighted by Crippen LogP contribution is 2.34. The molecule has 4 aromatic rings. The summed E-state index contributed by atoms with van der Waals surface area (Å²) in [6.07, 6.45) is 0.968. The molecule has 0 spiro atoms. The Morgan fingerprint density at radius 1 is 0.552 bits per heavy atom. The summed E-state index contributed by atoms with van der Waals surface area (Å²) in [4.78, 5) is 0. The summed E-state index contributed by atoms with van der Waals surface area (Å²) in [6, 6.07) is 39.9. The van der Waals surface area contributed by atoms with Gasteiger partial charge in [-0.3, -0.25) is 0 Å². The van der Waals surface area contributed by atoms with E-state index in [2.05, 4.69) is 132 Å².